The molecule has 0 aliphatic heterocycles. The smallest absolute Gasteiger partial charge is 0.127 e. The van der Waals surface area contributed by atoms with E-state index in [1.165, 1.54) is 6.07 Å². The SMILES string of the molecule is CNCCCCN(C)Cc1ccccc1F. The molecule has 0 aliphatic rings. The minimum atomic E-state index is -0.107. The summed E-state index contributed by atoms with van der Waals surface area (Å²) in [6.45, 7) is 2.75. The Morgan fingerprint density at radius 2 is 2.00 bits per heavy atom. The Morgan fingerprint density at radius 3 is 2.69 bits per heavy atom. The lowest BCUT2D eigenvalue weighted by Crippen LogP contribution is -2.20. The molecule has 0 amide bonds. The number of hydrogen-bond donors (Lipinski definition) is 1. The van der Waals surface area contributed by atoms with E-state index >= 15 is 0 Å². The zero-order chi connectivity index (χ0) is 11.8. The molecule has 90 valence electrons. The van der Waals surface area contributed by atoms with E-state index in [0.717, 1.165) is 31.5 Å². The van der Waals surface area contributed by atoms with Crippen molar-refractivity contribution < 1.29 is 4.39 Å². The van der Waals surface area contributed by atoms with Crippen molar-refractivity contribution in [1.29, 1.82) is 0 Å². The highest BCUT2D eigenvalue weighted by molar-refractivity contribution is 5.16. The van der Waals surface area contributed by atoms with Crippen LogP contribution >= 0.6 is 0 Å². The van der Waals surface area contributed by atoms with Crippen molar-refractivity contribution in [2.45, 2.75) is 19.4 Å². The third kappa shape index (κ3) is 4.73. The van der Waals surface area contributed by atoms with Crippen molar-refractivity contribution in [2.75, 3.05) is 27.2 Å². The predicted molar refractivity (Wildman–Crippen MR) is 65.9 cm³/mol. The van der Waals surface area contributed by atoms with Gasteiger partial charge in [0.25, 0.3) is 0 Å². The first-order chi connectivity index (χ1) is 7.74. The molecule has 1 aromatic carbocycles. The fraction of sp³-hybridized carbons (Fsp3) is 0.538. The van der Waals surface area contributed by atoms with Crippen LogP contribution in [0.1, 0.15) is 18.4 Å². The lowest BCUT2D eigenvalue weighted by Gasteiger charge is -2.16. The summed E-state index contributed by atoms with van der Waals surface area (Å²) in [6.07, 6.45) is 2.31. The molecule has 1 N–H and O–H groups in total. The fourth-order valence-corrected chi connectivity index (χ4v) is 1.68. The quantitative estimate of drug-likeness (QED) is 0.715. The van der Waals surface area contributed by atoms with Gasteiger partial charge in [0, 0.05) is 12.1 Å². The molecule has 0 aliphatic carbocycles. The normalized spacial score (nSPS) is 11.0. The van der Waals surface area contributed by atoms with E-state index in [2.05, 4.69) is 10.2 Å². The average Bonchev–Trinajstić information content (AvgIpc) is 2.28. The van der Waals surface area contributed by atoms with Crippen molar-refractivity contribution in [3.05, 3.63) is 35.6 Å². The highest BCUT2D eigenvalue weighted by Crippen LogP contribution is 2.09. The van der Waals surface area contributed by atoms with Gasteiger partial charge in [0.1, 0.15) is 5.82 Å². The molecule has 0 spiro atoms. The number of halogens is 1. The lowest BCUT2D eigenvalue weighted by atomic mass is 10.2. The second-order valence-corrected chi connectivity index (χ2v) is 4.14. The lowest BCUT2D eigenvalue weighted by molar-refractivity contribution is 0.313. The maximum absolute atomic E-state index is 13.4. The molecule has 0 unspecified atom stereocenters. The summed E-state index contributed by atoms with van der Waals surface area (Å²) in [6, 6.07) is 6.97. The van der Waals surface area contributed by atoms with Crippen molar-refractivity contribution in [1.82, 2.24) is 10.2 Å². The van der Waals surface area contributed by atoms with Crippen LogP contribution in [0.3, 0.4) is 0 Å². The number of unbranched alkanes of at least 4 members (excludes halogenated alkanes) is 1. The molecule has 0 aromatic heterocycles. The van der Waals surface area contributed by atoms with Crippen molar-refractivity contribution in [3.8, 4) is 0 Å². The molecule has 0 fully saturated rings. The van der Waals surface area contributed by atoms with E-state index in [9.17, 15) is 4.39 Å². The molecule has 0 bridgehead atoms. The number of nitrogens with one attached hydrogen (secondary N) is 1. The molecule has 0 radical (unpaired) electrons. The molecular formula is C13H21FN2. The third-order valence-corrected chi connectivity index (χ3v) is 2.61. The summed E-state index contributed by atoms with van der Waals surface area (Å²) >= 11 is 0. The van der Waals surface area contributed by atoms with E-state index in [-0.39, 0.29) is 5.82 Å². The van der Waals surface area contributed by atoms with Crippen LogP contribution in [0.2, 0.25) is 0 Å². The Kier molecular flexibility index (Phi) is 6.04. The van der Waals surface area contributed by atoms with Crippen molar-refractivity contribution >= 4 is 0 Å². The summed E-state index contributed by atoms with van der Waals surface area (Å²) in [5.74, 6) is -0.107. The van der Waals surface area contributed by atoms with Gasteiger partial charge in [-0.2, -0.15) is 0 Å². The minimum Gasteiger partial charge on any atom is -0.320 e. The number of benzene rings is 1. The third-order valence-electron chi connectivity index (χ3n) is 2.61. The molecule has 1 aromatic rings. The number of hydrogen-bond acceptors (Lipinski definition) is 2. The average molecular weight is 224 g/mol. The monoisotopic (exact) mass is 224 g/mol. The van der Waals surface area contributed by atoms with E-state index in [1.807, 2.05) is 26.2 Å². The first kappa shape index (κ1) is 13.1. The van der Waals surface area contributed by atoms with Gasteiger partial charge in [0.05, 0.1) is 0 Å². The first-order valence-electron chi connectivity index (χ1n) is 5.80. The van der Waals surface area contributed by atoms with Crippen LogP contribution in [-0.2, 0) is 6.54 Å². The Hall–Kier alpha value is -0.930. The van der Waals surface area contributed by atoms with Crippen LogP contribution in [0.25, 0.3) is 0 Å². The van der Waals surface area contributed by atoms with Crippen LogP contribution < -0.4 is 5.32 Å². The summed E-state index contributed by atoms with van der Waals surface area (Å²) in [5.41, 5.74) is 0.776. The molecule has 0 saturated heterocycles. The van der Waals surface area contributed by atoms with Crippen molar-refractivity contribution in [3.63, 3.8) is 0 Å². The molecule has 0 heterocycles. The Labute approximate surface area is 97.5 Å². The standard InChI is InChI=1S/C13H21FN2/c1-15-9-5-6-10-16(2)11-12-7-3-4-8-13(12)14/h3-4,7-8,15H,5-6,9-11H2,1-2H3. The van der Waals surface area contributed by atoms with Crippen LogP contribution in [-0.4, -0.2) is 32.1 Å². The zero-order valence-electron chi connectivity index (χ0n) is 10.2. The van der Waals surface area contributed by atoms with Gasteiger partial charge in [0.15, 0.2) is 0 Å². The fourth-order valence-electron chi connectivity index (χ4n) is 1.68. The predicted octanol–water partition coefficient (Wildman–Crippen LogP) is 2.26. The van der Waals surface area contributed by atoms with Crippen LogP contribution in [0.4, 0.5) is 4.39 Å². The van der Waals surface area contributed by atoms with Crippen LogP contribution in [0, 0.1) is 5.82 Å². The van der Waals surface area contributed by atoms with Gasteiger partial charge in [-0.3, -0.25) is 0 Å². The summed E-state index contributed by atoms with van der Waals surface area (Å²) < 4.78 is 13.4. The largest absolute Gasteiger partial charge is 0.320 e. The number of rotatable bonds is 7. The second-order valence-electron chi connectivity index (χ2n) is 4.14. The summed E-state index contributed by atoms with van der Waals surface area (Å²) in [7, 11) is 3.99. The molecule has 0 atom stereocenters. The van der Waals surface area contributed by atoms with E-state index < -0.39 is 0 Å². The van der Waals surface area contributed by atoms with Gasteiger partial charge in [-0.25, -0.2) is 4.39 Å². The molecule has 1 rings (SSSR count). The maximum atomic E-state index is 13.4. The van der Waals surface area contributed by atoms with Crippen molar-refractivity contribution in [2.24, 2.45) is 0 Å². The topological polar surface area (TPSA) is 15.3 Å². The van der Waals surface area contributed by atoms with Gasteiger partial charge in [-0.05, 0) is 46.1 Å². The van der Waals surface area contributed by atoms with Gasteiger partial charge in [0.2, 0.25) is 0 Å². The molecule has 0 saturated carbocycles. The Balaban J connectivity index is 2.28. The van der Waals surface area contributed by atoms with Crippen LogP contribution in [0.15, 0.2) is 24.3 Å². The second kappa shape index (κ2) is 7.36. The Morgan fingerprint density at radius 1 is 1.25 bits per heavy atom. The highest BCUT2D eigenvalue weighted by atomic mass is 19.1. The van der Waals surface area contributed by atoms with E-state index in [0.29, 0.717) is 6.54 Å². The highest BCUT2D eigenvalue weighted by Gasteiger charge is 2.04. The molecule has 16 heavy (non-hydrogen) atoms. The molecule has 3 heteroatoms. The van der Waals surface area contributed by atoms with Gasteiger partial charge in [-0.15, -0.1) is 0 Å². The first-order valence-corrected chi connectivity index (χ1v) is 5.80. The summed E-state index contributed by atoms with van der Waals surface area (Å²) in [5, 5.41) is 3.12. The van der Waals surface area contributed by atoms with Gasteiger partial charge in [-0.1, -0.05) is 18.2 Å². The minimum absolute atomic E-state index is 0.107. The summed E-state index contributed by atoms with van der Waals surface area (Å²) in [4.78, 5) is 2.16. The Bertz CT molecular complexity index is 302. The van der Waals surface area contributed by atoms with E-state index in [1.54, 1.807) is 6.07 Å². The van der Waals surface area contributed by atoms with Gasteiger partial charge < -0.3 is 10.2 Å². The maximum Gasteiger partial charge on any atom is 0.127 e. The zero-order valence-corrected chi connectivity index (χ0v) is 10.2. The van der Waals surface area contributed by atoms with Gasteiger partial charge >= 0.3 is 0 Å². The number of nitrogens with zero attached hydrogens (tertiary/aromatic N) is 1. The molecule has 2 nitrogen and oxygen atoms in total. The van der Waals surface area contributed by atoms with E-state index in [4.69, 9.17) is 0 Å². The van der Waals surface area contributed by atoms with Crippen LogP contribution in [0.5, 0.6) is 0 Å². The molecular weight excluding hydrogens is 203 g/mol.